The summed E-state index contributed by atoms with van der Waals surface area (Å²) < 4.78 is 23.2. The molecule has 3 aromatic rings. The van der Waals surface area contributed by atoms with E-state index < -0.39 is 11.8 Å². The lowest BCUT2D eigenvalue weighted by atomic mass is 9.99. The van der Waals surface area contributed by atoms with Crippen molar-refractivity contribution >= 4 is 18.1 Å². The van der Waals surface area contributed by atoms with Crippen LogP contribution in [0.3, 0.4) is 0 Å². The van der Waals surface area contributed by atoms with Crippen LogP contribution in [0.2, 0.25) is 0 Å². The summed E-state index contributed by atoms with van der Waals surface area (Å²) in [6, 6.07) is 22.4. The lowest BCUT2D eigenvalue weighted by molar-refractivity contribution is -0.180. The third-order valence-corrected chi connectivity index (χ3v) is 8.31. The van der Waals surface area contributed by atoms with E-state index in [4.69, 9.17) is 24.1 Å². The summed E-state index contributed by atoms with van der Waals surface area (Å²) in [5, 5.41) is 8.88. The lowest BCUT2D eigenvalue weighted by Gasteiger charge is -2.32. The Morgan fingerprint density at radius 1 is 0.957 bits per heavy atom. The normalized spacial score (nSPS) is 17.1. The molecule has 0 aromatic heterocycles. The number of hydrogen-bond donors (Lipinski definition) is 1. The van der Waals surface area contributed by atoms with Crippen molar-refractivity contribution in [2.24, 2.45) is 0 Å². The van der Waals surface area contributed by atoms with Crippen LogP contribution in [0.5, 0.6) is 5.75 Å². The first-order valence-corrected chi connectivity index (χ1v) is 16.4. The van der Waals surface area contributed by atoms with Gasteiger partial charge in [-0.25, -0.2) is 9.59 Å². The van der Waals surface area contributed by atoms with E-state index in [0.29, 0.717) is 19.7 Å². The number of rotatable bonds is 16. The molecule has 3 aromatic carbocycles. The maximum Gasteiger partial charge on any atom is 0.410 e. The summed E-state index contributed by atoms with van der Waals surface area (Å²) >= 11 is 0. The molecule has 8 nitrogen and oxygen atoms in total. The molecule has 1 amide bonds. The standard InChI is InChI=1S/C38H45NO7/c1-38(2)44-27-33-25-32(17-18-34(33)46-38)35-26-39(37(42)45-35)20-6-3-4-7-21-43-22-8-5-11-28-12-9-14-30(23-28)31-15-10-13-29(24-31)16-19-36(40)41/h9-10,12-19,23-25,35H,3-8,11,20-22,26-27H2,1-2H3,(H,40,41)/t35-/m0/s1. The number of benzene rings is 3. The number of carboxylic acids is 1. The first kappa shape index (κ1) is 33.2. The largest absolute Gasteiger partial charge is 0.478 e. The molecule has 1 N–H and O–H groups in total. The van der Waals surface area contributed by atoms with E-state index in [1.54, 1.807) is 6.08 Å². The van der Waals surface area contributed by atoms with Gasteiger partial charge < -0.3 is 29.0 Å². The number of aliphatic carboxylic acids is 1. The number of unbranched alkanes of at least 4 members (excludes halogenated alkanes) is 4. The Bertz CT molecular complexity index is 1510. The minimum Gasteiger partial charge on any atom is -0.478 e. The van der Waals surface area contributed by atoms with E-state index in [0.717, 1.165) is 97.8 Å². The number of ether oxygens (including phenoxy) is 4. The number of carbonyl (C=O) groups excluding carboxylic acids is 1. The molecule has 2 aliphatic heterocycles. The minimum atomic E-state index is -0.951. The summed E-state index contributed by atoms with van der Waals surface area (Å²) in [7, 11) is 0. The van der Waals surface area contributed by atoms with E-state index in [-0.39, 0.29) is 12.2 Å². The molecule has 2 heterocycles. The minimum absolute atomic E-state index is 0.244. The molecule has 1 atom stereocenters. The van der Waals surface area contributed by atoms with Gasteiger partial charge in [0.15, 0.2) is 0 Å². The molecule has 46 heavy (non-hydrogen) atoms. The molecule has 0 unspecified atom stereocenters. The molecular weight excluding hydrogens is 582 g/mol. The summed E-state index contributed by atoms with van der Waals surface area (Å²) in [5.41, 5.74) is 6.31. The first-order valence-electron chi connectivity index (χ1n) is 16.4. The van der Waals surface area contributed by atoms with Crippen LogP contribution in [0.4, 0.5) is 4.79 Å². The second kappa shape index (κ2) is 15.9. The van der Waals surface area contributed by atoms with E-state index >= 15 is 0 Å². The molecule has 0 saturated carbocycles. The summed E-state index contributed by atoms with van der Waals surface area (Å²) in [4.78, 5) is 25.1. The summed E-state index contributed by atoms with van der Waals surface area (Å²) in [6.07, 6.45) is 9.42. The molecular formula is C38H45NO7. The second-order valence-corrected chi connectivity index (χ2v) is 12.5. The monoisotopic (exact) mass is 627 g/mol. The molecule has 8 heteroatoms. The highest BCUT2D eigenvalue weighted by molar-refractivity contribution is 5.85. The van der Waals surface area contributed by atoms with Crippen molar-refractivity contribution in [3.8, 4) is 16.9 Å². The van der Waals surface area contributed by atoms with Gasteiger partial charge in [-0.05, 0) is 84.2 Å². The van der Waals surface area contributed by atoms with Gasteiger partial charge in [0.2, 0.25) is 5.79 Å². The zero-order chi connectivity index (χ0) is 32.4. The fourth-order valence-electron chi connectivity index (χ4n) is 5.81. The van der Waals surface area contributed by atoms with Crippen molar-refractivity contribution in [2.75, 3.05) is 26.3 Å². The van der Waals surface area contributed by atoms with Crippen LogP contribution in [0, 0.1) is 0 Å². The molecule has 0 radical (unpaired) electrons. The average Bonchev–Trinajstić information content (AvgIpc) is 3.42. The highest BCUT2D eigenvalue weighted by Gasteiger charge is 2.33. The van der Waals surface area contributed by atoms with Crippen LogP contribution in [-0.2, 0) is 32.0 Å². The summed E-state index contributed by atoms with van der Waals surface area (Å²) in [5.74, 6) is -0.762. The summed E-state index contributed by atoms with van der Waals surface area (Å²) in [6.45, 7) is 7.07. The van der Waals surface area contributed by atoms with Gasteiger partial charge in [0.05, 0.1) is 13.2 Å². The number of amides is 1. The van der Waals surface area contributed by atoms with Gasteiger partial charge in [0.1, 0.15) is 11.9 Å². The average molecular weight is 628 g/mol. The van der Waals surface area contributed by atoms with E-state index in [9.17, 15) is 9.59 Å². The van der Waals surface area contributed by atoms with Gasteiger partial charge in [-0.1, -0.05) is 61.4 Å². The number of hydrogen-bond acceptors (Lipinski definition) is 6. The van der Waals surface area contributed by atoms with E-state index in [1.165, 1.54) is 5.56 Å². The number of nitrogens with zero attached hydrogens (tertiary/aromatic N) is 1. The van der Waals surface area contributed by atoms with Crippen molar-refractivity contribution < 1.29 is 33.6 Å². The number of fused-ring (bicyclic) bond motifs is 1. The molecule has 244 valence electrons. The van der Waals surface area contributed by atoms with Crippen molar-refractivity contribution in [3.05, 3.63) is 95.1 Å². The maximum absolute atomic E-state index is 12.5. The number of cyclic esters (lactones) is 1. The van der Waals surface area contributed by atoms with Crippen LogP contribution in [0.25, 0.3) is 17.2 Å². The van der Waals surface area contributed by atoms with Gasteiger partial charge >= 0.3 is 12.1 Å². The Balaban J connectivity index is 0.917. The Morgan fingerprint density at radius 3 is 2.54 bits per heavy atom. The van der Waals surface area contributed by atoms with Gasteiger partial charge in [-0.15, -0.1) is 0 Å². The zero-order valence-corrected chi connectivity index (χ0v) is 26.9. The van der Waals surface area contributed by atoms with Crippen LogP contribution in [0.1, 0.15) is 80.7 Å². The fraction of sp³-hybridized carbons (Fsp3) is 0.421. The number of aryl methyl sites for hydroxylation is 1. The predicted molar refractivity (Wildman–Crippen MR) is 178 cm³/mol. The highest BCUT2D eigenvalue weighted by Crippen LogP contribution is 2.35. The Hall–Kier alpha value is -4.14. The van der Waals surface area contributed by atoms with Gasteiger partial charge in [0, 0.05) is 45.2 Å². The van der Waals surface area contributed by atoms with Crippen molar-refractivity contribution in [2.45, 2.75) is 77.3 Å². The molecule has 1 fully saturated rings. The van der Waals surface area contributed by atoms with Crippen molar-refractivity contribution in [1.82, 2.24) is 4.90 Å². The molecule has 5 rings (SSSR count). The zero-order valence-electron chi connectivity index (χ0n) is 26.9. The maximum atomic E-state index is 12.5. The highest BCUT2D eigenvalue weighted by atomic mass is 16.7. The smallest absolute Gasteiger partial charge is 0.410 e. The second-order valence-electron chi connectivity index (χ2n) is 12.5. The van der Waals surface area contributed by atoms with Gasteiger partial charge in [-0.3, -0.25) is 0 Å². The molecule has 0 spiro atoms. The van der Waals surface area contributed by atoms with Crippen molar-refractivity contribution in [1.29, 1.82) is 0 Å². The van der Waals surface area contributed by atoms with Gasteiger partial charge in [-0.2, -0.15) is 0 Å². The number of carbonyl (C=O) groups is 2. The third kappa shape index (κ3) is 9.68. The van der Waals surface area contributed by atoms with Gasteiger partial charge in [0.25, 0.3) is 0 Å². The third-order valence-electron chi connectivity index (χ3n) is 8.31. The Labute approximate surface area is 271 Å². The molecule has 2 aliphatic rings. The first-order chi connectivity index (χ1) is 22.3. The quantitative estimate of drug-likeness (QED) is 0.126. The van der Waals surface area contributed by atoms with E-state index in [2.05, 4.69) is 24.3 Å². The van der Waals surface area contributed by atoms with Crippen LogP contribution >= 0.6 is 0 Å². The Kier molecular flexibility index (Phi) is 11.5. The van der Waals surface area contributed by atoms with E-state index in [1.807, 2.05) is 61.2 Å². The lowest BCUT2D eigenvalue weighted by Crippen LogP contribution is -2.35. The van der Waals surface area contributed by atoms with Crippen LogP contribution in [-0.4, -0.2) is 54.2 Å². The van der Waals surface area contributed by atoms with Crippen LogP contribution in [0.15, 0.2) is 72.8 Å². The topological polar surface area (TPSA) is 94.5 Å². The molecule has 0 aliphatic carbocycles. The predicted octanol–water partition coefficient (Wildman–Crippen LogP) is 8.19. The van der Waals surface area contributed by atoms with Crippen molar-refractivity contribution in [3.63, 3.8) is 0 Å². The van der Waals surface area contributed by atoms with Crippen LogP contribution < -0.4 is 4.74 Å². The molecule has 0 bridgehead atoms. The SMILES string of the molecule is CC1(C)OCc2cc([C@@H]3CN(CCCCCCOCCCCc4cccc(-c5cccc(C=CC(=O)O)c5)c4)C(=O)O3)ccc2O1. The Morgan fingerprint density at radius 2 is 1.72 bits per heavy atom. The fourth-order valence-corrected chi connectivity index (χ4v) is 5.81. The molecule has 1 saturated heterocycles. The number of carboxylic acid groups (broad SMARTS) is 1.